The van der Waals surface area contributed by atoms with Crippen LogP contribution in [-0.4, -0.2) is 12.5 Å². The number of nitrogens with zero attached hydrogens (tertiary/aromatic N) is 1. The minimum absolute atomic E-state index is 0.0162. The van der Waals surface area contributed by atoms with Gasteiger partial charge in [0.05, 0.1) is 3.57 Å². The number of benzene rings is 2. The molecule has 1 N–H and O–H groups in total. The van der Waals surface area contributed by atoms with Crippen LogP contribution in [0, 0.1) is 34.2 Å². The van der Waals surface area contributed by atoms with Gasteiger partial charge in [0.2, 0.25) is 0 Å². The second kappa shape index (κ2) is 9.28. The highest BCUT2D eigenvalue weighted by Crippen LogP contribution is 2.25. The first-order chi connectivity index (χ1) is 12.5. The van der Waals surface area contributed by atoms with Crippen molar-refractivity contribution in [3.8, 4) is 24.2 Å². The number of nitriles is 1. The van der Waals surface area contributed by atoms with Crippen LogP contribution >= 0.6 is 34.2 Å². The molecule has 0 fully saturated rings. The smallest absolute Gasteiger partial charge is 0.266 e. The van der Waals surface area contributed by atoms with Crippen molar-refractivity contribution in [2.75, 3.05) is 11.9 Å². The van der Waals surface area contributed by atoms with Crippen molar-refractivity contribution in [3.05, 3.63) is 61.7 Å². The normalized spacial score (nSPS) is 10.6. The SMILES string of the molecule is C#CCOc1ccc(/C=C(/C#N)C(=O)Nc2cccc(Cl)c2C)cc1I. The molecule has 130 valence electrons. The lowest BCUT2D eigenvalue weighted by molar-refractivity contribution is -0.112. The molecule has 0 saturated carbocycles. The zero-order chi connectivity index (χ0) is 19.1. The van der Waals surface area contributed by atoms with Crippen molar-refractivity contribution in [2.24, 2.45) is 0 Å². The summed E-state index contributed by atoms with van der Waals surface area (Å²) in [6.07, 6.45) is 6.70. The second-order valence-corrected chi connectivity index (χ2v) is 6.79. The maximum absolute atomic E-state index is 12.4. The number of halogens is 2. The van der Waals surface area contributed by atoms with E-state index < -0.39 is 5.91 Å². The molecule has 0 spiro atoms. The van der Waals surface area contributed by atoms with E-state index in [-0.39, 0.29) is 12.2 Å². The van der Waals surface area contributed by atoms with Gasteiger partial charge in [0.1, 0.15) is 24.0 Å². The highest BCUT2D eigenvalue weighted by molar-refractivity contribution is 14.1. The Bertz CT molecular complexity index is 955. The fourth-order valence-electron chi connectivity index (χ4n) is 2.09. The first-order valence-corrected chi connectivity index (χ1v) is 8.96. The number of amides is 1. The van der Waals surface area contributed by atoms with E-state index in [1.807, 2.05) is 12.1 Å². The predicted octanol–water partition coefficient (Wildman–Crippen LogP) is 4.81. The molecule has 0 heterocycles. The van der Waals surface area contributed by atoms with E-state index in [1.165, 1.54) is 6.08 Å². The number of terminal acetylenes is 1. The second-order valence-electron chi connectivity index (χ2n) is 5.22. The van der Waals surface area contributed by atoms with Gasteiger partial charge in [0.25, 0.3) is 5.91 Å². The minimum atomic E-state index is -0.500. The van der Waals surface area contributed by atoms with Crippen LogP contribution in [0.4, 0.5) is 5.69 Å². The lowest BCUT2D eigenvalue weighted by Crippen LogP contribution is -2.14. The molecule has 6 heteroatoms. The molecule has 0 aliphatic heterocycles. The number of anilines is 1. The molecular weight excluding hydrogens is 463 g/mol. The van der Waals surface area contributed by atoms with Crippen LogP contribution in [0.2, 0.25) is 5.02 Å². The Morgan fingerprint density at radius 1 is 1.42 bits per heavy atom. The largest absolute Gasteiger partial charge is 0.480 e. The molecule has 0 radical (unpaired) electrons. The third-order valence-corrected chi connectivity index (χ3v) is 4.71. The van der Waals surface area contributed by atoms with Crippen LogP contribution < -0.4 is 10.1 Å². The molecule has 2 rings (SSSR count). The Balaban J connectivity index is 2.23. The first-order valence-electron chi connectivity index (χ1n) is 7.50. The van der Waals surface area contributed by atoms with Gasteiger partial charge in [0.15, 0.2) is 0 Å². The summed E-state index contributed by atoms with van der Waals surface area (Å²) in [5.41, 5.74) is 2.00. The van der Waals surface area contributed by atoms with Crippen LogP contribution in [0.5, 0.6) is 5.75 Å². The van der Waals surface area contributed by atoms with Crippen molar-refractivity contribution in [1.82, 2.24) is 0 Å². The van der Waals surface area contributed by atoms with Crippen LogP contribution in [0.3, 0.4) is 0 Å². The van der Waals surface area contributed by atoms with Gasteiger partial charge >= 0.3 is 0 Å². The number of ether oxygens (including phenoxy) is 1. The average molecular weight is 477 g/mol. The summed E-state index contributed by atoms with van der Waals surface area (Å²) in [5.74, 6) is 2.55. The topological polar surface area (TPSA) is 62.1 Å². The summed E-state index contributed by atoms with van der Waals surface area (Å²) in [6, 6.07) is 12.4. The molecule has 0 aromatic heterocycles. The molecule has 26 heavy (non-hydrogen) atoms. The summed E-state index contributed by atoms with van der Waals surface area (Å²) in [4.78, 5) is 12.4. The Morgan fingerprint density at radius 3 is 2.85 bits per heavy atom. The van der Waals surface area contributed by atoms with Gasteiger partial charge in [-0.15, -0.1) is 6.42 Å². The van der Waals surface area contributed by atoms with Crippen molar-refractivity contribution in [3.63, 3.8) is 0 Å². The molecule has 0 atom stereocenters. The van der Waals surface area contributed by atoms with E-state index in [4.69, 9.17) is 22.8 Å². The van der Waals surface area contributed by atoms with Gasteiger partial charge in [-0.2, -0.15) is 5.26 Å². The summed E-state index contributed by atoms with van der Waals surface area (Å²) in [5, 5.41) is 12.6. The summed E-state index contributed by atoms with van der Waals surface area (Å²) < 4.78 is 6.23. The summed E-state index contributed by atoms with van der Waals surface area (Å²) in [6.45, 7) is 1.97. The van der Waals surface area contributed by atoms with Gasteiger partial charge in [-0.25, -0.2) is 0 Å². The molecule has 2 aromatic carbocycles. The van der Waals surface area contributed by atoms with Crippen molar-refractivity contribution < 1.29 is 9.53 Å². The third kappa shape index (κ3) is 5.01. The maximum atomic E-state index is 12.4. The Morgan fingerprint density at radius 2 is 2.19 bits per heavy atom. The number of rotatable bonds is 5. The zero-order valence-corrected chi connectivity index (χ0v) is 16.8. The average Bonchev–Trinajstić information content (AvgIpc) is 2.62. The van der Waals surface area contributed by atoms with Crippen molar-refractivity contribution in [2.45, 2.75) is 6.92 Å². The first kappa shape index (κ1) is 19.8. The monoisotopic (exact) mass is 476 g/mol. The van der Waals surface area contributed by atoms with Crippen LogP contribution in [-0.2, 0) is 4.79 Å². The fraction of sp³-hybridized carbons (Fsp3) is 0.100. The molecule has 1 amide bonds. The Hall–Kier alpha value is -2.48. The minimum Gasteiger partial charge on any atom is -0.480 e. The summed E-state index contributed by atoms with van der Waals surface area (Å²) in [7, 11) is 0. The highest BCUT2D eigenvalue weighted by atomic mass is 127. The van der Waals surface area contributed by atoms with E-state index in [1.54, 1.807) is 37.3 Å². The molecule has 2 aromatic rings. The fourth-order valence-corrected chi connectivity index (χ4v) is 2.96. The number of hydrogen-bond donors (Lipinski definition) is 1. The van der Waals surface area contributed by atoms with Gasteiger partial charge in [-0.1, -0.05) is 29.7 Å². The van der Waals surface area contributed by atoms with E-state index in [9.17, 15) is 10.1 Å². The lowest BCUT2D eigenvalue weighted by atomic mass is 10.1. The van der Waals surface area contributed by atoms with Crippen molar-refractivity contribution in [1.29, 1.82) is 5.26 Å². The van der Waals surface area contributed by atoms with E-state index in [0.29, 0.717) is 22.0 Å². The summed E-state index contributed by atoms with van der Waals surface area (Å²) >= 11 is 8.16. The Labute approximate surface area is 171 Å². The third-order valence-electron chi connectivity index (χ3n) is 3.46. The number of hydrogen-bond acceptors (Lipinski definition) is 3. The van der Waals surface area contributed by atoms with E-state index in [0.717, 1.165) is 9.13 Å². The highest BCUT2D eigenvalue weighted by Gasteiger charge is 2.12. The van der Waals surface area contributed by atoms with Crippen LogP contribution in [0.15, 0.2) is 42.0 Å². The number of nitrogens with one attached hydrogen (secondary N) is 1. The zero-order valence-electron chi connectivity index (χ0n) is 13.8. The number of carbonyl (C=O) groups is 1. The standard InChI is InChI=1S/C20H14ClIN2O2/c1-3-9-26-19-8-7-14(11-17(19)22)10-15(12-23)20(25)24-18-6-4-5-16(21)13(18)2/h1,4-8,10-11H,9H2,2H3,(H,24,25)/b15-10-. The van der Waals surface area contributed by atoms with E-state index in [2.05, 4.69) is 33.8 Å². The molecule has 0 aliphatic carbocycles. The molecular formula is C20H14ClIN2O2. The van der Waals surface area contributed by atoms with Crippen LogP contribution in [0.1, 0.15) is 11.1 Å². The lowest BCUT2D eigenvalue weighted by Gasteiger charge is -2.09. The maximum Gasteiger partial charge on any atom is 0.266 e. The van der Waals surface area contributed by atoms with E-state index >= 15 is 0 Å². The Kier molecular flexibility index (Phi) is 7.08. The van der Waals surface area contributed by atoms with Gasteiger partial charge in [-0.05, 0) is 71.0 Å². The number of carbonyl (C=O) groups excluding carboxylic acids is 1. The van der Waals surface area contributed by atoms with Crippen molar-refractivity contribution >= 4 is 51.9 Å². The van der Waals surface area contributed by atoms with Gasteiger partial charge in [-0.3, -0.25) is 4.79 Å². The predicted molar refractivity (Wildman–Crippen MR) is 112 cm³/mol. The molecule has 0 unspecified atom stereocenters. The molecule has 0 aliphatic rings. The van der Waals surface area contributed by atoms with Gasteiger partial charge in [0, 0.05) is 10.7 Å². The van der Waals surface area contributed by atoms with Gasteiger partial charge < -0.3 is 10.1 Å². The van der Waals surface area contributed by atoms with Crippen LogP contribution in [0.25, 0.3) is 6.08 Å². The quantitative estimate of drug-likeness (QED) is 0.292. The molecule has 0 saturated heterocycles. The molecule has 0 bridgehead atoms. The molecule has 4 nitrogen and oxygen atoms in total.